The van der Waals surface area contributed by atoms with Crippen LogP contribution in [-0.2, 0) is 7.05 Å². The predicted octanol–water partition coefficient (Wildman–Crippen LogP) is 1.01. The van der Waals surface area contributed by atoms with Gasteiger partial charge in [0, 0.05) is 0 Å². The molecule has 0 aromatic carbocycles. The van der Waals surface area contributed by atoms with Crippen LogP contribution in [-0.4, -0.2) is 24.4 Å². The van der Waals surface area contributed by atoms with Crippen molar-refractivity contribution in [1.29, 1.82) is 5.26 Å². The predicted molar refractivity (Wildman–Crippen MR) is 67.4 cm³/mol. The maximum absolute atomic E-state index is 10.7. The molecule has 1 unspecified atom stereocenters. The summed E-state index contributed by atoms with van der Waals surface area (Å²) in [6.07, 6.45) is 3.88. The van der Waals surface area contributed by atoms with Crippen molar-refractivity contribution in [1.82, 2.24) is 19.5 Å². The van der Waals surface area contributed by atoms with Gasteiger partial charge in [0.1, 0.15) is 17.5 Å². The molecule has 0 fully saturated rings. The van der Waals surface area contributed by atoms with E-state index in [9.17, 15) is 10.1 Å². The van der Waals surface area contributed by atoms with Crippen molar-refractivity contribution in [2.45, 2.75) is 5.25 Å². The molecule has 9 heteroatoms. The molecule has 0 saturated heterocycles. The molecule has 1 atom stereocenters. The van der Waals surface area contributed by atoms with E-state index in [0.717, 1.165) is 6.20 Å². The normalized spacial score (nSPS) is 11.8. The number of imidazole rings is 1. The van der Waals surface area contributed by atoms with Gasteiger partial charge < -0.3 is 10.1 Å². The summed E-state index contributed by atoms with van der Waals surface area (Å²) in [5.41, 5.74) is 0.654. The molecule has 0 aliphatic heterocycles. The zero-order valence-electron chi connectivity index (χ0n) is 9.76. The third kappa shape index (κ3) is 2.38. The Labute approximate surface area is 113 Å². The molecule has 2 heterocycles. The van der Waals surface area contributed by atoms with E-state index in [1.165, 1.54) is 24.0 Å². The van der Waals surface area contributed by atoms with Gasteiger partial charge in [-0.15, -0.1) is 0 Å². The number of nitriles is 1. The van der Waals surface area contributed by atoms with E-state index >= 15 is 0 Å². The van der Waals surface area contributed by atoms with Crippen LogP contribution in [0.4, 0.5) is 5.82 Å². The monoisotopic (exact) mass is 276 g/mol. The first-order valence-electron chi connectivity index (χ1n) is 5.10. The average molecular weight is 276 g/mol. The van der Waals surface area contributed by atoms with Gasteiger partial charge in [-0.25, -0.2) is 14.5 Å². The molecule has 96 valence electrons. The van der Waals surface area contributed by atoms with Gasteiger partial charge in [-0.1, -0.05) is 0 Å². The molecule has 0 N–H and O–H groups in total. The van der Waals surface area contributed by atoms with Gasteiger partial charge in [0.05, 0.1) is 25.1 Å². The molecule has 0 saturated carbocycles. The van der Waals surface area contributed by atoms with Gasteiger partial charge in [0.25, 0.3) is 0 Å². The zero-order valence-corrected chi connectivity index (χ0v) is 10.7. The Bertz CT molecular complexity index is 660. The highest BCUT2D eigenvalue weighted by Gasteiger charge is 2.24. The minimum absolute atomic E-state index is 0.129. The second kappa shape index (κ2) is 5.03. The lowest BCUT2D eigenvalue weighted by molar-refractivity contribution is -0.391. The number of aromatic nitrogens is 4. The fourth-order valence-corrected chi connectivity index (χ4v) is 1.88. The first kappa shape index (κ1) is 13.0. The van der Waals surface area contributed by atoms with E-state index in [2.05, 4.69) is 27.6 Å². The van der Waals surface area contributed by atoms with Crippen molar-refractivity contribution in [3.63, 3.8) is 0 Å². The van der Waals surface area contributed by atoms with Gasteiger partial charge in [-0.05, 0) is 4.92 Å². The molecular weight excluding hydrogens is 268 g/mol. The molecule has 0 amide bonds. The van der Waals surface area contributed by atoms with Crippen molar-refractivity contribution in [3.05, 3.63) is 45.9 Å². The molecule has 0 bridgehead atoms. The molecule has 2 aromatic heterocycles. The van der Waals surface area contributed by atoms with E-state index in [0.29, 0.717) is 11.5 Å². The molecule has 19 heavy (non-hydrogen) atoms. The molecule has 8 nitrogen and oxygen atoms in total. The van der Waals surface area contributed by atoms with E-state index in [1.54, 1.807) is 0 Å². The number of hydrogen-bond acceptors (Lipinski definition) is 7. The Morgan fingerprint density at radius 1 is 1.42 bits per heavy atom. The zero-order chi connectivity index (χ0) is 14.0. The maximum Gasteiger partial charge on any atom is 0.342 e. The van der Waals surface area contributed by atoms with Crippen LogP contribution in [0.25, 0.3) is 0 Å². The Kier molecular flexibility index (Phi) is 3.43. The van der Waals surface area contributed by atoms with Crippen molar-refractivity contribution >= 4 is 18.4 Å². The Morgan fingerprint density at radius 2 is 2.16 bits per heavy atom. The quantitative estimate of drug-likeness (QED) is 0.509. The Balaban J connectivity index is 2.36. The highest BCUT2D eigenvalue weighted by Crippen LogP contribution is 2.27. The van der Waals surface area contributed by atoms with Crippen LogP contribution < -0.4 is 0 Å². The van der Waals surface area contributed by atoms with Crippen LogP contribution in [0.2, 0.25) is 0 Å². The minimum atomic E-state index is -0.557. The molecule has 2 rings (SSSR count). The highest BCUT2D eigenvalue weighted by molar-refractivity contribution is 7.80. The maximum atomic E-state index is 10.7. The lowest BCUT2D eigenvalue weighted by Crippen LogP contribution is -2.07. The van der Waals surface area contributed by atoms with E-state index < -0.39 is 10.2 Å². The van der Waals surface area contributed by atoms with Crippen LogP contribution in [0, 0.1) is 21.4 Å². The summed E-state index contributed by atoms with van der Waals surface area (Å²) in [5.74, 6) is 0.254. The standard InChI is InChI=1S/C10H8N6O2S/c1-15-8(16(17)18)5-14-10(15)9(19)7-4-12-6(2-11)3-13-7/h3-5,9,19H,1H3. The molecule has 0 spiro atoms. The van der Waals surface area contributed by atoms with E-state index in [-0.39, 0.29) is 11.5 Å². The molecule has 0 radical (unpaired) electrons. The van der Waals surface area contributed by atoms with Crippen molar-refractivity contribution in [2.75, 3.05) is 0 Å². The number of rotatable bonds is 3. The second-order valence-electron chi connectivity index (χ2n) is 3.63. The summed E-state index contributed by atoms with van der Waals surface area (Å²) in [6.45, 7) is 0. The van der Waals surface area contributed by atoms with Gasteiger partial charge in [-0.2, -0.15) is 17.9 Å². The smallest absolute Gasteiger partial charge is 0.342 e. The Morgan fingerprint density at radius 3 is 2.63 bits per heavy atom. The summed E-state index contributed by atoms with van der Waals surface area (Å²) >= 11 is 4.33. The average Bonchev–Trinajstić information content (AvgIpc) is 2.80. The second-order valence-corrected chi connectivity index (χ2v) is 4.15. The lowest BCUT2D eigenvalue weighted by atomic mass is 10.3. The third-order valence-corrected chi connectivity index (χ3v) is 2.99. The number of thiol groups is 1. The van der Waals surface area contributed by atoms with E-state index in [1.807, 2.05) is 6.07 Å². The van der Waals surface area contributed by atoms with Crippen LogP contribution in [0.15, 0.2) is 18.6 Å². The summed E-state index contributed by atoms with van der Waals surface area (Å²) < 4.78 is 1.33. The topological polar surface area (TPSA) is 111 Å². The summed E-state index contributed by atoms with van der Waals surface area (Å²) in [6, 6.07) is 1.85. The van der Waals surface area contributed by atoms with Crippen LogP contribution in [0.1, 0.15) is 22.5 Å². The first-order chi connectivity index (χ1) is 9.04. The van der Waals surface area contributed by atoms with Gasteiger partial charge in [-0.3, -0.25) is 4.98 Å². The fourth-order valence-electron chi connectivity index (χ4n) is 1.51. The molecule has 0 aliphatic rings. The van der Waals surface area contributed by atoms with Crippen LogP contribution in [0.5, 0.6) is 0 Å². The number of nitrogens with zero attached hydrogens (tertiary/aromatic N) is 6. The molecular formula is C10H8N6O2S. The Hall–Kier alpha value is -2.47. The van der Waals surface area contributed by atoms with Crippen LogP contribution in [0.3, 0.4) is 0 Å². The third-order valence-electron chi connectivity index (χ3n) is 2.50. The number of hydrogen-bond donors (Lipinski definition) is 1. The van der Waals surface area contributed by atoms with Gasteiger partial charge in [0.2, 0.25) is 5.82 Å². The first-order valence-corrected chi connectivity index (χ1v) is 5.62. The van der Waals surface area contributed by atoms with Crippen molar-refractivity contribution in [2.24, 2.45) is 7.05 Å². The number of nitro groups is 1. The van der Waals surface area contributed by atoms with Crippen LogP contribution >= 0.6 is 12.6 Å². The minimum Gasteiger partial charge on any atom is -0.358 e. The van der Waals surface area contributed by atoms with E-state index in [4.69, 9.17) is 5.26 Å². The highest BCUT2D eigenvalue weighted by atomic mass is 32.1. The fraction of sp³-hybridized carbons (Fsp3) is 0.200. The van der Waals surface area contributed by atoms with Gasteiger partial charge >= 0.3 is 5.82 Å². The molecule has 0 aliphatic carbocycles. The molecule has 2 aromatic rings. The van der Waals surface area contributed by atoms with Crippen molar-refractivity contribution < 1.29 is 4.92 Å². The van der Waals surface area contributed by atoms with Gasteiger partial charge in [0.15, 0.2) is 5.69 Å². The SMILES string of the molecule is Cn1c([N+](=O)[O-])cnc1C(S)c1cnc(C#N)cn1. The summed E-state index contributed by atoms with van der Waals surface area (Å²) in [4.78, 5) is 22.1. The lowest BCUT2D eigenvalue weighted by Gasteiger charge is -2.06. The van der Waals surface area contributed by atoms with Crippen molar-refractivity contribution in [3.8, 4) is 6.07 Å². The summed E-state index contributed by atoms with van der Waals surface area (Å²) in [7, 11) is 1.53. The summed E-state index contributed by atoms with van der Waals surface area (Å²) in [5, 5.41) is 18.8. The largest absolute Gasteiger partial charge is 0.358 e.